The smallest absolute Gasteiger partial charge is 0.258 e. The third-order valence-corrected chi connectivity index (χ3v) is 3.03. The average molecular weight is 292 g/mol. The van der Waals surface area contributed by atoms with Crippen LogP contribution in [0.2, 0.25) is 0 Å². The van der Waals surface area contributed by atoms with Gasteiger partial charge in [-0.15, -0.1) is 0 Å². The zero-order chi connectivity index (χ0) is 12.4. The number of halogens is 1. The van der Waals surface area contributed by atoms with Crippen molar-refractivity contribution in [3.05, 3.63) is 62.6 Å². The number of hydrogen-bond donors (Lipinski definition) is 0. The van der Waals surface area contributed by atoms with Crippen molar-refractivity contribution in [2.45, 2.75) is 6.92 Å². The SMILES string of the molecule is Cc1ccc(-c2ccc(Br)cc2)c([N+](=O)[O-])c1. The van der Waals surface area contributed by atoms with Crippen molar-refractivity contribution in [2.24, 2.45) is 0 Å². The summed E-state index contributed by atoms with van der Waals surface area (Å²) in [6.07, 6.45) is 0. The van der Waals surface area contributed by atoms with Gasteiger partial charge in [0.05, 0.1) is 10.5 Å². The quantitative estimate of drug-likeness (QED) is 0.610. The first-order valence-electron chi connectivity index (χ1n) is 5.09. The molecule has 0 fully saturated rings. The molecule has 4 heteroatoms. The molecule has 0 radical (unpaired) electrons. The van der Waals surface area contributed by atoms with Crippen LogP contribution in [-0.2, 0) is 0 Å². The van der Waals surface area contributed by atoms with E-state index in [1.807, 2.05) is 37.3 Å². The molecule has 0 unspecified atom stereocenters. The van der Waals surface area contributed by atoms with Gasteiger partial charge in [0.1, 0.15) is 0 Å². The van der Waals surface area contributed by atoms with Gasteiger partial charge in [-0.3, -0.25) is 10.1 Å². The molecule has 2 aromatic carbocycles. The van der Waals surface area contributed by atoms with E-state index in [2.05, 4.69) is 15.9 Å². The largest absolute Gasteiger partial charge is 0.277 e. The van der Waals surface area contributed by atoms with Crippen molar-refractivity contribution in [2.75, 3.05) is 0 Å². The molecular formula is C13H10BrNO2. The molecule has 0 atom stereocenters. The number of benzene rings is 2. The second kappa shape index (κ2) is 4.67. The molecule has 0 bridgehead atoms. The number of aryl methyl sites for hydroxylation is 1. The van der Waals surface area contributed by atoms with Crippen LogP contribution >= 0.6 is 15.9 Å². The van der Waals surface area contributed by atoms with Crippen LogP contribution in [0.4, 0.5) is 5.69 Å². The summed E-state index contributed by atoms with van der Waals surface area (Å²) in [7, 11) is 0. The lowest BCUT2D eigenvalue weighted by molar-refractivity contribution is -0.384. The van der Waals surface area contributed by atoms with E-state index in [0.29, 0.717) is 5.56 Å². The summed E-state index contributed by atoms with van der Waals surface area (Å²) in [6.45, 7) is 1.85. The summed E-state index contributed by atoms with van der Waals surface area (Å²) in [4.78, 5) is 10.7. The standard InChI is InChI=1S/C13H10BrNO2/c1-9-2-7-12(13(8-9)15(16)17)10-3-5-11(14)6-4-10/h2-8H,1H3. The van der Waals surface area contributed by atoms with Gasteiger partial charge < -0.3 is 0 Å². The summed E-state index contributed by atoms with van der Waals surface area (Å²) in [5, 5.41) is 11.0. The molecule has 0 aliphatic heterocycles. The fourth-order valence-corrected chi connectivity index (χ4v) is 1.93. The van der Waals surface area contributed by atoms with Gasteiger partial charge in [0.2, 0.25) is 0 Å². The fraction of sp³-hybridized carbons (Fsp3) is 0.0769. The minimum absolute atomic E-state index is 0.146. The molecule has 0 heterocycles. The van der Waals surface area contributed by atoms with Crippen LogP contribution in [0.3, 0.4) is 0 Å². The highest BCUT2D eigenvalue weighted by atomic mass is 79.9. The fourth-order valence-electron chi connectivity index (χ4n) is 1.67. The van der Waals surface area contributed by atoms with E-state index < -0.39 is 0 Å². The highest BCUT2D eigenvalue weighted by Gasteiger charge is 2.14. The Morgan fingerprint density at radius 1 is 1.12 bits per heavy atom. The van der Waals surface area contributed by atoms with Crippen LogP contribution in [0.25, 0.3) is 11.1 Å². The molecule has 0 amide bonds. The van der Waals surface area contributed by atoms with Crippen LogP contribution in [0.5, 0.6) is 0 Å². The summed E-state index contributed by atoms with van der Waals surface area (Å²) in [5.41, 5.74) is 2.53. The second-order valence-corrected chi connectivity index (χ2v) is 4.70. The van der Waals surface area contributed by atoms with Gasteiger partial charge in [0.25, 0.3) is 5.69 Å². The monoisotopic (exact) mass is 291 g/mol. The van der Waals surface area contributed by atoms with Gasteiger partial charge >= 0.3 is 0 Å². The third-order valence-electron chi connectivity index (χ3n) is 2.51. The van der Waals surface area contributed by atoms with E-state index in [0.717, 1.165) is 15.6 Å². The van der Waals surface area contributed by atoms with E-state index in [1.165, 1.54) is 0 Å². The summed E-state index contributed by atoms with van der Waals surface area (Å²) in [6, 6.07) is 12.7. The Morgan fingerprint density at radius 2 is 1.76 bits per heavy atom. The summed E-state index contributed by atoms with van der Waals surface area (Å²) >= 11 is 3.34. The van der Waals surface area contributed by atoms with Gasteiger partial charge in [0, 0.05) is 10.5 Å². The third kappa shape index (κ3) is 2.53. The molecule has 0 spiro atoms. The number of nitro benzene ring substituents is 1. The van der Waals surface area contributed by atoms with Crippen molar-refractivity contribution >= 4 is 21.6 Å². The van der Waals surface area contributed by atoms with Crippen LogP contribution in [0.15, 0.2) is 46.9 Å². The maximum Gasteiger partial charge on any atom is 0.277 e. The number of hydrogen-bond acceptors (Lipinski definition) is 2. The average Bonchev–Trinajstić information content (AvgIpc) is 2.30. The van der Waals surface area contributed by atoms with E-state index in [-0.39, 0.29) is 10.6 Å². The van der Waals surface area contributed by atoms with Crippen molar-refractivity contribution < 1.29 is 4.92 Å². The lowest BCUT2D eigenvalue weighted by Crippen LogP contribution is -1.92. The first-order chi connectivity index (χ1) is 8.08. The van der Waals surface area contributed by atoms with Crippen molar-refractivity contribution in [3.8, 4) is 11.1 Å². The van der Waals surface area contributed by atoms with Crippen LogP contribution in [0, 0.1) is 17.0 Å². The Kier molecular flexibility index (Phi) is 3.24. The Morgan fingerprint density at radius 3 is 2.35 bits per heavy atom. The van der Waals surface area contributed by atoms with Gasteiger partial charge in [-0.1, -0.05) is 34.1 Å². The lowest BCUT2D eigenvalue weighted by atomic mass is 10.0. The summed E-state index contributed by atoms with van der Waals surface area (Å²) < 4.78 is 0.955. The van der Waals surface area contributed by atoms with Crippen LogP contribution in [-0.4, -0.2) is 4.92 Å². The lowest BCUT2D eigenvalue weighted by Gasteiger charge is -2.04. The van der Waals surface area contributed by atoms with Crippen molar-refractivity contribution in [1.29, 1.82) is 0 Å². The van der Waals surface area contributed by atoms with E-state index >= 15 is 0 Å². The highest BCUT2D eigenvalue weighted by Crippen LogP contribution is 2.31. The molecular weight excluding hydrogens is 282 g/mol. The zero-order valence-corrected chi connectivity index (χ0v) is 10.8. The van der Waals surface area contributed by atoms with Crippen LogP contribution in [0.1, 0.15) is 5.56 Å². The predicted molar refractivity (Wildman–Crippen MR) is 71.0 cm³/mol. The predicted octanol–water partition coefficient (Wildman–Crippen LogP) is 4.33. The van der Waals surface area contributed by atoms with E-state index in [4.69, 9.17) is 0 Å². The molecule has 0 aliphatic rings. The van der Waals surface area contributed by atoms with E-state index in [9.17, 15) is 10.1 Å². The van der Waals surface area contributed by atoms with Crippen molar-refractivity contribution in [1.82, 2.24) is 0 Å². The molecule has 86 valence electrons. The molecule has 0 aliphatic carbocycles. The molecule has 0 saturated carbocycles. The Hall–Kier alpha value is -1.68. The minimum atomic E-state index is -0.343. The topological polar surface area (TPSA) is 43.1 Å². The Labute approximate surface area is 107 Å². The number of rotatable bonds is 2. The molecule has 0 N–H and O–H groups in total. The van der Waals surface area contributed by atoms with Gasteiger partial charge in [0.15, 0.2) is 0 Å². The van der Waals surface area contributed by atoms with Gasteiger partial charge in [-0.2, -0.15) is 0 Å². The maximum atomic E-state index is 11.0. The Bertz CT molecular complexity index is 564. The second-order valence-electron chi connectivity index (χ2n) is 3.78. The van der Waals surface area contributed by atoms with Gasteiger partial charge in [-0.25, -0.2) is 0 Å². The first kappa shape index (κ1) is 11.8. The number of nitro groups is 1. The van der Waals surface area contributed by atoms with Gasteiger partial charge in [-0.05, 0) is 36.2 Å². The molecule has 0 saturated heterocycles. The molecule has 2 aromatic rings. The minimum Gasteiger partial charge on any atom is -0.258 e. The van der Waals surface area contributed by atoms with E-state index in [1.54, 1.807) is 12.1 Å². The number of nitrogens with zero attached hydrogens (tertiary/aromatic N) is 1. The summed E-state index contributed by atoms with van der Waals surface area (Å²) in [5.74, 6) is 0. The normalized spacial score (nSPS) is 10.2. The highest BCUT2D eigenvalue weighted by molar-refractivity contribution is 9.10. The Balaban J connectivity index is 2.58. The molecule has 3 nitrogen and oxygen atoms in total. The molecule has 2 rings (SSSR count). The molecule has 0 aromatic heterocycles. The first-order valence-corrected chi connectivity index (χ1v) is 5.88. The maximum absolute atomic E-state index is 11.0. The zero-order valence-electron chi connectivity index (χ0n) is 9.18. The van der Waals surface area contributed by atoms with Crippen molar-refractivity contribution in [3.63, 3.8) is 0 Å². The van der Waals surface area contributed by atoms with Crippen LogP contribution < -0.4 is 0 Å². The molecule has 17 heavy (non-hydrogen) atoms.